The van der Waals surface area contributed by atoms with Crippen molar-refractivity contribution in [2.75, 3.05) is 18.0 Å². The Morgan fingerprint density at radius 3 is 2.58 bits per heavy atom. The number of pyridine rings is 2. The third kappa shape index (κ3) is 4.68. The minimum Gasteiger partial charge on any atom is -0.356 e. The smallest absolute Gasteiger partial charge is 0.213 e. The Labute approximate surface area is 185 Å². The molecule has 0 radical (unpaired) electrons. The molecular formula is C27H31N3O. The maximum atomic E-state index is 13.0. The van der Waals surface area contributed by atoms with Crippen LogP contribution in [0, 0.1) is 33.6 Å². The second kappa shape index (κ2) is 9.01. The zero-order valence-electron chi connectivity index (χ0n) is 19.0. The number of nitrogens with zero attached hydrogens (tertiary/aromatic N) is 3. The molecule has 4 rings (SSSR count). The number of hydrogen-bond acceptors (Lipinski definition) is 4. The fourth-order valence-electron chi connectivity index (χ4n) is 4.85. The quantitative estimate of drug-likeness (QED) is 0.525. The third-order valence-corrected chi connectivity index (χ3v) is 6.39. The molecule has 160 valence electrons. The molecule has 4 nitrogen and oxygen atoms in total. The Balaban J connectivity index is 1.52. The Bertz CT molecular complexity index is 1080. The highest BCUT2D eigenvalue weighted by Gasteiger charge is 2.23. The molecule has 0 aliphatic carbocycles. The van der Waals surface area contributed by atoms with Crippen molar-refractivity contribution in [3.63, 3.8) is 0 Å². The van der Waals surface area contributed by atoms with Crippen molar-refractivity contribution in [2.24, 2.45) is 5.92 Å². The molecule has 2 aromatic heterocycles. The monoisotopic (exact) mass is 413 g/mol. The maximum Gasteiger partial charge on any atom is 0.213 e. The van der Waals surface area contributed by atoms with E-state index in [1.807, 2.05) is 25.1 Å². The number of anilines is 1. The van der Waals surface area contributed by atoms with Crippen LogP contribution in [0.5, 0.6) is 0 Å². The van der Waals surface area contributed by atoms with Crippen LogP contribution >= 0.6 is 0 Å². The average Bonchev–Trinajstić information content (AvgIpc) is 2.76. The molecule has 1 fully saturated rings. The van der Waals surface area contributed by atoms with Crippen LogP contribution in [0.2, 0.25) is 0 Å². The summed E-state index contributed by atoms with van der Waals surface area (Å²) in [6.45, 7) is 10.4. The fourth-order valence-corrected chi connectivity index (χ4v) is 4.85. The average molecular weight is 414 g/mol. The van der Waals surface area contributed by atoms with Gasteiger partial charge in [-0.3, -0.25) is 9.78 Å². The van der Waals surface area contributed by atoms with E-state index in [0.29, 0.717) is 17.2 Å². The molecule has 0 saturated carbocycles. The molecule has 4 heteroatoms. The molecular weight excluding hydrogens is 382 g/mol. The van der Waals surface area contributed by atoms with Crippen molar-refractivity contribution < 1.29 is 4.79 Å². The van der Waals surface area contributed by atoms with Crippen molar-refractivity contribution in [1.29, 1.82) is 0 Å². The lowest BCUT2D eigenvalue weighted by Gasteiger charge is -2.34. The molecule has 1 aromatic carbocycles. The Morgan fingerprint density at radius 2 is 1.84 bits per heavy atom. The molecule has 0 N–H and O–H groups in total. The highest BCUT2D eigenvalue weighted by atomic mass is 16.1. The van der Waals surface area contributed by atoms with Gasteiger partial charge in [-0.25, -0.2) is 4.98 Å². The van der Waals surface area contributed by atoms with Crippen LogP contribution in [0.3, 0.4) is 0 Å². The van der Waals surface area contributed by atoms with Crippen LogP contribution in [0.25, 0.3) is 0 Å². The normalized spacial score (nSPS) is 16.4. The first-order valence-corrected chi connectivity index (χ1v) is 11.2. The van der Waals surface area contributed by atoms with Crippen molar-refractivity contribution in [2.45, 2.75) is 47.0 Å². The van der Waals surface area contributed by atoms with Crippen molar-refractivity contribution in [1.82, 2.24) is 9.97 Å². The van der Waals surface area contributed by atoms with Crippen LogP contribution in [-0.2, 0) is 6.42 Å². The van der Waals surface area contributed by atoms with Gasteiger partial charge in [0.15, 0.2) is 0 Å². The number of piperidine rings is 1. The number of carbonyl (C=O) groups is 1. The summed E-state index contributed by atoms with van der Waals surface area (Å²) in [5.74, 6) is 1.43. The highest BCUT2D eigenvalue weighted by Crippen LogP contribution is 2.28. The molecule has 1 aliphatic rings. The first kappa shape index (κ1) is 21.2. The molecule has 31 heavy (non-hydrogen) atoms. The highest BCUT2D eigenvalue weighted by molar-refractivity contribution is 6.08. The summed E-state index contributed by atoms with van der Waals surface area (Å²) in [4.78, 5) is 24.3. The predicted octanol–water partition coefficient (Wildman–Crippen LogP) is 5.40. The van der Waals surface area contributed by atoms with E-state index < -0.39 is 0 Å². The van der Waals surface area contributed by atoms with E-state index in [4.69, 9.17) is 4.98 Å². The third-order valence-electron chi connectivity index (χ3n) is 6.39. The maximum absolute atomic E-state index is 13.0. The van der Waals surface area contributed by atoms with Gasteiger partial charge in [-0.05, 0) is 93.8 Å². The van der Waals surface area contributed by atoms with Crippen LogP contribution in [0.15, 0.2) is 48.7 Å². The second-order valence-corrected chi connectivity index (χ2v) is 8.88. The molecule has 3 heterocycles. The van der Waals surface area contributed by atoms with Crippen LogP contribution < -0.4 is 4.90 Å². The zero-order chi connectivity index (χ0) is 22.0. The predicted molar refractivity (Wildman–Crippen MR) is 126 cm³/mol. The van der Waals surface area contributed by atoms with E-state index in [1.54, 1.807) is 18.3 Å². The molecule has 1 aliphatic heterocycles. The van der Waals surface area contributed by atoms with Gasteiger partial charge in [-0.2, -0.15) is 0 Å². The SMILES string of the molecule is Cc1cc(C)c(CC2CCCN(c3cccc(C(=O)c4cccnc4C)n3)C2)c(C)c1. The van der Waals surface area contributed by atoms with E-state index in [0.717, 1.165) is 37.4 Å². The lowest BCUT2D eigenvalue weighted by atomic mass is 9.87. The summed E-state index contributed by atoms with van der Waals surface area (Å²) in [7, 11) is 0. The van der Waals surface area contributed by atoms with Crippen molar-refractivity contribution in [3.05, 3.63) is 87.9 Å². The number of hydrogen-bond donors (Lipinski definition) is 0. The minimum absolute atomic E-state index is 0.0630. The van der Waals surface area contributed by atoms with Gasteiger partial charge in [0, 0.05) is 30.5 Å². The van der Waals surface area contributed by atoms with Gasteiger partial charge < -0.3 is 4.90 Å². The Kier molecular flexibility index (Phi) is 6.17. The number of rotatable bonds is 5. The molecule has 3 aromatic rings. The number of aryl methyl sites for hydroxylation is 4. The molecule has 0 amide bonds. The first-order valence-electron chi connectivity index (χ1n) is 11.2. The van der Waals surface area contributed by atoms with Gasteiger partial charge in [-0.1, -0.05) is 23.8 Å². The number of ketones is 1. The van der Waals surface area contributed by atoms with E-state index in [2.05, 4.69) is 42.8 Å². The second-order valence-electron chi connectivity index (χ2n) is 8.88. The number of benzene rings is 1. The molecule has 1 atom stereocenters. The van der Waals surface area contributed by atoms with E-state index >= 15 is 0 Å². The first-order chi connectivity index (χ1) is 14.9. The van der Waals surface area contributed by atoms with Gasteiger partial charge in [0.05, 0.1) is 0 Å². The Hall–Kier alpha value is -3.01. The molecule has 0 bridgehead atoms. The van der Waals surface area contributed by atoms with E-state index in [1.165, 1.54) is 28.7 Å². The lowest BCUT2D eigenvalue weighted by Crippen LogP contribution is -2.37. The fraction of sp³-hybridized carbons (Fsp3) is 0.370. The van der Waals surface area contributed by atoms with E-state index in [9.17, 15) is 4.79 Å². The van der Waals surface area contributed by atoms with Crippen LogP contribution in [0.4, 0.5) is 5.82 Å². The molecule has 0 spiro atoms. The van der Waals surface area contributed by atoms with Gasteiger partial charge >= 0.3 is 0 Å². The van der Waals surface area contributed by atoms with Crippen LogP contribution in [-0.4, -0.2) is 28.8 Å². The number of carbonyl (C=O) groups excluding carboxylic acids is 1. The van der Waals surface area contributed by atoms with Gasteiger partial charge in [-0.15, -0.1) is 0 Å². The lowest BCUT2D eigenvalue weighted by molar-refractivity contribution is 0.103. The summed E-state index contributed by atoms with van der Waals surface area (Å²) in [6, 6.07) is 14.0. The van der Waals surface area contributed by atoms with Gasteiger partial charge in [0.2, 0.25) is 5.78 Å². The van der Waals surface area contributed by atoms with Gasteiger partial charge in [0.1, 0.15) is 11.5 Å². The van der Waals surface area contributed by atoms with E-state index in [-0.39, 0.29) is 5.78 Å². The summed E-state index contributed by atoms with van der Waals surface area (Å²) in [5, 5.41) is 0. The topological polar surface area (TPSA) is 46.1 Å². The summed E-state index contributed by atoms with van der Waals surface area (Å²) < 4.78 is 0. The summed E-state index contributed by atoms with van der Waals surface area (Å²) >= 11 is 0. The molecule has 1 unspecified atom stereocenters. The minimum atomic E-state index is -0.0630. The standard InChI is InChI=1S/C27H31N3O/c1-18-14-19(2)24(20(3)15-18)16-22-8-7-13-30(17-22)26-11-5-10-25(29-26)27(31)23-9-6-12-28-21(23)4/h5-6,9-12,14-15,22H,7-8,13,16-17H2,1-4H3. The summed E-state index contributed by atoms with van der Waals surface area (Å²) in [5.41, 5.74) is 7.45. The van der Waals surface area contributed by atoms with Crippen LogP contribution in [0.1, 0.15) is 56.8 Å². The Morgan fingerprint density at radius 1 is 1.06 bits per heavy atom. The van der Waals surface area contributed by atoms with Crippen molar-refractivity contribution in [3.8, 4) is 0 Å². The van der Waals surface area contributed by atoms with Gasteiger partial charge in [0.25, 0.3) is 0 Å². The van der Waals surface area contributed by atoms with Crippen molar-refractivity contribution >= 4 is 11.6 Å². The summed E-state index contributed by atoms with van der Waals surface area (Å²) in [6.07, 6.45) is 5.19. The number of aromatic nitrogens is 2. The largest absolute Gasteiger partial charge is 0.356 e. The zero-order valence-corrected chi connectivity index (χ0v) is 19.0. The molecule has 1 saturated heterocycles.